The first kappa shape index (κ1) is 27.2. The molecule has 2 aliphatic heterocycles. The molecule has 0 unspecified atom stereocenters. The third-order valence-electron chi connectivity index (χ3n) is 7.11. The number of phenols is 1. The zero-order chi connectivity index (χ0) is 28.3. The summed E-state index contributed by atoms with van der Waals surface area (Å²) in [5.74, 6) is 1.84. The van der Waals surface area contributed by atoms with Crippen LogP contribution in [0.2, 0.25) is 0 Å². The van der Waals surface area contributed by atoms with Crippen LogP contribution in [-0.2, 0) is 4.74 Å². The monoisotopic (exact) mass is 543 g/mol. The molecule has 2 N–H and O–H groups in total. The fraction of sp³-hybridized carbons (Fsp3) is 0.400. The number of aromatic hydroxyl groups is 1. The van der Waals surface area contributed by atoms with Gasteiger partial charge in [-0.25, -0.2) is 9.78 Å². The molecular weight excluding hydrogens is 506 g/mol. The van der Waals surface area contributed by atoms with Gasteiger partial charge in [-0.1, -0.05) is 18.2 Å². The van der Waals surface area contributed by atoms with Crippen molar-refractivity contribution in [2.45, 2.75) is 32.8 Å². The smallest absolute Gasteiger partial charge is 0.410 e. The maximum Gasteiger partial charge on any atom is 0.410 e. The number of phenolic OH excluding ortho intramolecular Hbond substituents is 1. The standard InChI is InChI=1S/C30H37N7O3/c1-30(2,3)40-29(39)37-13-11-21(12-14-37)22-9-10-27(32-20-22)36-17-15-35(16-18-36)25-19-24(33-34-28(25)31-4)23-7-5-6-8-26(23)38/h5-11,19-20,38H,12-18H2,1-4H3,(H,31,34). The summed E-state index contributed by atoms with van der Waals surface area (Å²) >= 11 is 0. The molecule has 2 aliphatic rings. The van der Waals surface area contributed by atoms with Crippen molar-refractivity contribution in [2.75, 3.05) is 61.4 Å². The van der Waals surface area contributed by atoms with Gasteiger partial charge >= 0.3 is 6.09 Å². The lowest BCUT2D eigenvalue weighted by atomic mass is 10.0. The van der Waals surface area contributed by atoms with Crippen molar-refractivity contribution >= 4 is 29.0 Å². The number of rotatable bonds is 5. The largest absolute Gasteiger partial charge is 0.507 e. The highest BCUT2D eigenvalue weighted by molar-refractivity contribution is 5.75. The van der Waals surface area contributed by atoms with E-state index >= 15 is 0 Å². The van der Waals surface area contributed by atoms with Gasteiger partial charge in [-0.15, -0.1) is 10.2 Å². The Bertz CT molecular complexity index is 1380. The Morgan fingerprint density at radius 3 is 2.38 bits per heavy atom. The van der Waals surface area contributed by atoms with Gasteiger partial charge in [0, 0.05) is 58.1 Å². The van der Waals surface area contributed by atoms with Gasteiger partial charge < -0.3 is 29.9 Å². The van der Waals surface area contributed by atoms with Crippen LogP contribution in [0.5, 0.6) is 5.75 Å². The highest BCUT2D eigenvalue weighted by atomic mass is 16.6. The Balaban J connectivity index is 1.21. The minimum absolute atomic E-state index is 0.184. The summed E-state index contributed by atoms with van der Waals surface area (Å²) in [5.41, 5.74) is 4.05. The van der Waals surface area contributed by atoms with Gasteiger partial charge in [0.05, 0.1) is 11.4 Å². The van der Waals surface area contributed by atoms with E-state index in [-0.39, 0.29) is 11.8 Å². The van der Waals surface area contributed by atoms with E-state index in [4.69, 9.17) is 9.72 Å². The average molecular weight is 544 g/mol. The van der Waals surface area contributed by atoms with E-state index in [0.29, 0.717) is 30.2 Å². The summed E-state index contributed by atoms with van der Waals surface area (Å²) in [4.78, 5) is 23.4. The van der Waals surface area contributed by atoms with Crippen LogP contribution >= 0.6 is 0 Å². The normalized spacial score (nSPS) is 16.0. The van der Waals surface area contributed by atoms with Crippen molar-refractivity contribution in [3.05, 3.63) is 60.3 Å². The molecule has 0 saturated carbocycles. The fourth-order valence-electron chi connectivity index (χ4n) is 4.99. The molecular formula is C30H37N7O3. The zero-order valence-electron chi connectivity index (χ0n) is 23.6. The molecule has 0 radical (unpaired) electrons. The quantitative estimate of drug-likeness (QED) is 0.476. The van der Waals surface area contributed by atoms with Crippen molar-refractivity contribution in [2.24, 2.45) is 0 Å². The van der Waals surface area contributed by atoms with E-state index in [0.717, 1.165) is 49.7 Å². The van der Waals surface area contributed by atoms with Crippen LogP contribution < -0.4 is 15.1 Å². The van der Waals surface area contributed by atoms with Crippen LogP contribution in [0.3, 0.4) is 0 Å². The number of benzene rings is 1. The number of amides is 1. The van der Waals surface area contributed by atoms with Crippen molar-refractivity contribution < 1.29 is 14.6 Å². The molecule has 4 heterocycles. The lowest BCUT2D eigenvalue weighted by Crippen LogP contribution is -2.47. The molecule has 0 atom stereocenters. The molecule has 1 amide bonds. The second-order valence-electron chi connectivity index (χ2n) is 11.0. The van der Waals surface area contributed by atoms with Crippen molar-refractivity contribution in [3.63, 3.8) is 0 Å². The number of hydrogen-bond donors (Lipinski definition) is 2. The lowest BCUT2D eigenvalue weighted by molar-refractivity contribution is 0.0270. The molecule has 210 valence electrons. The molecule has 2 aromatic heterocycles. The van der Waals surface area contributed by atoms with Crippen LogP contribution in [0.1, 0.15) is 32.8 Å². The number of piperazine rings is 1. The first-order valence-corrected chi connectivity index (χ1v) is 13.7. The summed E-state index contributed by atoms with van der Waals surface area (Å²) in [6.45, 7) is 10.1. The van der Waals surface area contributed by atoms with Gasteiger partial charge in [0.2, 0.25) is 0 Å². The second-order valence-corrected chi connectivity index (χ2v) is 11.0. The van der Waals surface area contributed by atoms with E-state index in [1.54, 1.807) is 17.0 Å². The van der Waals surface area contributed by atoms with Crippen LogP contribution in [0.15, 0.2) is 54.7 Å². The van der Waals surface area contributed by atoms with Crippen molar-refractivity contribution in [3.8, 4) is 17.0 Å². The molecule has 10 heteroatoms. The van der Waals surface area contributed by atoms with Crippen LogP contribution in [0, 0.1) is 0 Å². The number of carbonyl (C=O) groups excluding carboxylic acids is 1. The Hall–Kier alpha value is -4.34. The lowest BCUT2D eigenvalue weighted by Gasteiger charge is -2.37. The Morgan fingerprint density at radius 2 is 1.75 bits per heavy atom. The SMILES string of the molecule is CNc1nnc(-c2ccccc2O)cc1N1CCN(c2ccc(C3=CCN(C(=O)OC(C)(C)C)CC3)cn2)CC1. The van der Waals surface area contributed by atoms with Crippen LogP contribution in [0.4, 0.5) is 22.1 Å². The number of ether oxygens (including phenoxy) is 1. The number of hydrogen-bond acceptors (Lipinski definition) is 9. The number of aromatic nitrogens is 3. The highest BCUT2D eigenvalue weighted by Gasteiger charge is 2.25. The molecule has 40 heavy (non-hydrogen) atoms. The third kappa shape index (κ3) is 6.11. The summed E-state index contributed by atoms with van der Waals surface area (Å²) in [6.07, 6.45) is 4.53. The van der Waals surface area contributed by atoms with Gasteiger partial charge in [0.1, 0.15) is 17.2 Å². The number of carbonyl (C=O) groups is 1. The Kier molecular flexibility index (Phi) is 7.77. The van der Waals surface area contributed by atoms with E-state index in [2.05, 4.69) is 43.5 Å². The minimum atomic E-state index is -0.494. The molecule has 10 nitrogen and oxygen atoms in total. The number of anilines is 3. The molecule has 0 bridgehead atoms. The predicted octanol–water partition coefficient (Wildman–Crippen LogP) is 4.64. The van der Waals surface area contributed by atoms with Gasteiger partial charge in [0.25, 0.3) is 0 Å². The Labute approximate surface area is 235 Å². The van der Waals surface area contributed by atoms with Crippen LogP contribution in [0.25, 0.3) is 16.8 Å². The first-order valence-electron chi connectivity index (χ1n) is 13.7. The summed E-state index contributed by atoms with van der Waals surface area (Å²) < 4.78 is 5.50. The van der Waals surface area contributed by atoms with E-state index < -0.39 is 5.60 Å². The number of para-hydroxylation sites is 1. The molecule has 0 aliphatic carbocycles. The molecule has 5 rings (SSSR count). The van der Waals surface area contributed by atoms with Crippen molar-refractivity contribution in [1.29, 1.82) is 0 Å². The number of nitrogens with one attached hydrogen (secondary N) is 1. The van der Waals surface area contributed by atoms with Crippen molar-refractivity contribution in [1.82, 2.24) is 20.1 Å². The third-order valence-corrected chi connectivity index (χ3v) is 7.11. The van der Waals surface area contributed by atoms with Crippen LogP contribution in [-0.4, -0.2) is 83.2 Å². The average Bonchev–Trinajstić information content (AvgIpc) is 2.96. The topological polar surface area (TPSA) is 107 Å². The van der Waals surface area contributed by atoms with Gasteiger partial charge in [-0.2, -0.15) is 0 Å². The van der Waals surface area contributed by atoms with Gasteiger partial charge in [0.15, 0.2) is 5.82 Å². The van der Waals surface area contributed by atoms with E-state index in [9.17, 15) is 9.90 Å². The minimum Gasteiger partial charge on any atom is -0.507 e. The predicted molar refractivity (Wildman–Crippen MR) is 158 cm³/mol. The fourth-order valence-corrected chi connectivity index (χ4v) is 4.99. The summed E-state index contributed by atoms with van der Waals surface area (Å²) in [6, 6.07) is 13.4. The maximum atomic E-state index is 12.4. The molecule has 1 fully saturated rings. The molecule has 1 aromatic carbocycles. The Morgan fingerprint density at radius 1 is 1.00 bits per heavy atom. The molecule has 1 saturated heterocycles. The summed E-state index contributed by atoms with van der Waals surface area (Å²) in [5, 5.41) is 22.1. The number of nitrogens with zero attached hydrogens (tertiary/aromatic N) is 6. The highest BCUT2D eigenvalue weighted by Crippen LogP contribution is 2.33. The van der Waals surface area contributed by atoms with E-state index in [1.165, 1.54) is 5.57 Å². The summed E-state index contributed by atoms with van der Waals surface area (Å²) in [7, 11) is 1.84. The number of pyridine rings is 1. The first-order chi connectivity index (χ1) is 19.2. The second kappa shape index (κ2) is 11.4. The maximum absolute atomic E-state index is 12.4. The van der Waals surface area contributed by atoms with E-state index in [1.807, 2.05) is 52.2 Å². The molecule has 0 spiro atoms. The zero-order valence-corrected chi connectivity index (χ0v) is 23.6. The van der Waals surface area contributed by atoms with Gasteiger partial charge in [-0.05, 0) is 68.7 Å². The molecule has 3 aromatic rings. The van der Waals surface area contributed by atoms with Gasteiger partial charge in [-0.3, -0.25) is 0 Å².